The van der Waals surface area contributed by atoms with Crippen molar-refractivity contribution in [3.05, 3.63) is 29.8 Å². The zero-order valence-electron chi connectivity index (χ0n) is 11.3. The molecule has 0 amide bonds. The van der Waals surface area contributed by atoms with Gasteiger partial charge in [0.2, 0.25) is 0 Å². The van der Waals surface area contributed by atoms with Gasteiger partial charge >= 0.3 is 0 Å². The number of ether oxygens (including phenoxy) is 1. The zero-order valence-corrected chi connectivity index (χ0v) is 12.1. The molecule has 1 heterocycles. The fourth-order valence-electron chi connectivity index (χ4n) is 1.95. The third kappa shape index (κ3) is 3.36. The van der Waals surface area contributed by atoms with Crippen LogP contribution in [0.4, 0.5) is 0 Å². The van der Waals surface area contributed by atoms with Crippen LogP contribution < -0.4 is 0 Å². The molecular weight excluding hydrogens is 284 g/mol. The first-order valence-electron chi connectivity index (χ1n) is 6.31. The monoisotopic (exact) mass is 302 g/mol. The standard InChI is InChI=1S/C13H18O6S/c1-8-3-5-10(6-4-8)20(16,17)19-12-7-11(14)9(2)18-13(12)15/h3-6,9,11-15H,7H2,1-2H3. The molecule has 0 saturated carbocycles. The Bertz CT molecular complexity index is 553. The van der Waals surface area contributed by atoms with Crippen LogP contribution in [0.15, 0.2) is 29.2 Å². The average Bonchev–Trinajstić information content (AvgIpc) is 2.36. The second-order valence-electron chi connectivity index (χ2n) is 4.94. The molecule has 112 valence electrons. The normalized spacial score (nSPS) is 31.2. The number of rotatable bonds is 3. The lowest BCUT2D eigenvalue weighted by Gasteiger charge is -2.34. The Kier molecular flexibility index (Phi) is 4.46. The maximum atomic E-state index is 12.1. The van der Waals surface area contributed by atoms with Crippen LogP contribution in [0.5, 0.6) is 0 Å². The van der Waals surface area contributed by atoms with Gasteiger partial charge in [-0.1, -0.05) is 17.7 Å². The van der Waals surface area contributed by atoms with Crippen molar-refractivity contribution in [3.63, 3.8) is 0 Å². The van der Waals surface area contributed by atoms with Crippen molar-refractivity contribution in [1.82, 2.24) is 0 Å². The number of hydrogen-bond donors (Lipinski definition) is 2. The van der Waals surface area contributed by atoms with Gasteiger partial charge in [0.25, 0.3) is 10.1 Å². The Hall–Kier alpha value is -0.990. The number of aliphatic hydroxyl groups is 2. The van der Waals surface area contributed by atoms with E-state index in [-0.39, 0.29) is 11.3 Å². The number of aryl methyl sites for hydroxylation is 1. The summed E-state index contributed by atoms with van der Waals surface area (Å²) in [5, 5.41) is 19.3. The van der Waals surface area contributed by atoms with E-state index in [1.807, 2.05) is 6.92 Å². The summed E-state index contributed by atoms with van der Waals surface area (Å²) < 4.78 is 34.2. The average molecular weight is 302 g/mol. The van der Waals surface area contributed by atoms with Crippen LogP contribution in [0.3, 0.4) is 0 Å². The molecule has 2 rings (SSSR count). The lowest BCUT2D eigenvalue weighted by molar-refractivity contribution is -0.233. The van der Waals surface area contributed by atoms with Crippen molar-refractivity contribution in [2.45, 2.75) is 49.8 Å². The highest BCUT2D eigenvalue weighted by molar-refractivity contribution is 7.86. The molecular formula is C13H18O6S. The Morgan fingerprint density at radius 3 is 2.45 bits per heavy atom. The molecule has 6 nitrogen and oxygen atoms in total. The van der Waals surface area contributed by atoms with Gasteiger partial charge in [0.1, 0.15) is 6.10 Å². The fourth-order valence-corrected chi connectivity index (χ4v) is 3.03. The van der Waals surface area contributed by atoms with Crippen LogP contribution in [0.1, 0.15) is 18.9 Å². The Morgan fingerprint density at radius 2 is 1.85 bits per heavy atom. The summed E-state index contributed by atoms with van der Waals surface area (Å²) in [6.45, 7) is 3.44. The lowest BCUT2D eigenvalue weighted by Crippen LogP contribution is -2.47. The number of hydrogen-bond acceptors (Lipinski definition) is 6. The van der Waals surface area contributed by atoms with Crippen molar-refractivity contribution >= 4 is 10.1 Å². The van der Waals surface area contributed by atoms with E-state index >= 15 is 0 Å². The number of benzene rings is 1. The third-order valence-corrected chi connectivity index (χ3v) is 4.60. The second kappa shape index (κ2) is 5.79. The van der Waals surface area contributed by atoms with E-state index < -0.39 is 34.7 Å². The summed E-state index contributed by atoms with van der Waals surface area (Å²) in [6.07, 6.45) is -3.95. The summed E-state index contributed by atoms with van der Waals surface area (Å²) in [4.78, 5) is 0.00316. The molecule has 0 radical (unpaired) electrons. The lowest BCUT2D eigenvalue weighted by atomic mass is 10.0. The molecule has 4 unspecified atom stereocenters. The summed E-state index contributed by atoms with van der Waals surface area (Å²) >= 11 is 0. The molecule has 0 aromatic heterocycles. The molecule has 1 aromatic rings. The highest BCUT2D eigenvalue weighted by atomic mass is 32.2. The van der Waals surface area contributed by atoms with Crippen LogP contribution in [-0.2, 0) is 19.0 Å². The molecule has 0 aliphatic carbocycles. The maximum Gasteiger partial charge on any atom is 0.297 e. The SMILES string of the molecule is Cc1ccc(S(=O)(=O)OC2CC(O)C(C)OC2O)cc1. The van der Waals surface area contributed by atoms with Gasteiger partial charge in [-0.05, 0) is 26.0 Å². The van der Waals surface area contributed by atoms with Crippen molar-refractivity contribution in [2.24, 2.45) is 0 Å². The molecule has 4 atom stereocenters. The summed E-state index contributed by atoms with van der Waals surface area (Å²) in [5.74, 6) is 0. The highest BCUT2D eigenvalue weighted by Gasteiger charge is 2.37. The van der Waals surface area contributed by atoms with Crippen LogP contribution >= 0.6 is 0 Å². The molecule has 1 aliphatic rings. The van der Waals surface area contributed by atoms with Gasteiger partial charge in [0, 0.05) is 6.42 Å². The quantitative estimate of drug-likeness (QED) is 0.792. The molecule has 2 N–H and O–H groups in total. The predicted octanol–water partition coefficient (Wildman–Crippen LogP) is 0.557. The molecule has 0 bridgehead atoms. The van der Waals surface area contributed by atoms with E-state index in [0.29, 0.717) is 0 Å². The number of aliphatic hydroxyl groups excluding tert-OH is 2. The largest absolute Gasteiger partial charge is 0.390 e. The van der Waals surface area contributed by atoms with E-state index in [2.05, 4.69) is 0 Å². The maximum absolute atomic E-state index is 12.1. The van der Waals surface area contributed by atoms with E-state index in [0.717, 1.165) is 5.56 Å². The molecule has 0 spiro atoms. The first-order chi connectivity index (χ1) is 9.29. The smallest absolute Gasteiger partial charge is 0.297 e. The minimum Gasteiger partial charge on any atom is -0.390 e. The Morgan fingerprint density at radius 1 is 1.25 bits per heavy atom. The van der Waals surface area contributed by atoms with Crippen LogP contribution in [-0.4, -0.2) is 43.2 Å². The molecule has 1 aromatic carbocycles. The highest BCUT2D eigenvalue weighted by Crippen LogP contribution is 2.25. The Balaban J connectivity index is 2.14. The third-order valence-electron chi connectivity index (χ3n) is 3.25. The van der Waals surface area contributed by atoms with Gasteiger partial charge in [0.05, 0.1) is 17.1 Å². The van der Waals surface area contributed by atoms with Crippen molar-refractivity contribution in [2.75, 3.05) is 0 Å². The van der Waals surface area contributed by atoms with E-state index in [4.69, 9.17) is 8.92 Å². The second-order valence-corrected chi connectivity index (χ2v) is 6.51. The van der Waals surface area contributed by atoms with Crippen molar-refractivity contribution in [3.8, 4) is 0 Å². The van der Waals surface area contributed by atoms with E-state index in [1.54, 1.807) is 19.1 Å². The molecule has 20 heavy (non-hydrogen) atoms. The first-order valence-corrected chi connectivity index (χ1v) is 7.72. The zero-order chi connectivity index (χ0) is 14.9. The van der Waals surface area contributed by atoms with E-state index in [9.17, 15) is 18.6 Å². The minimum absolute atomic E-state index is 0.00316. The topological polar surface area (TPSA) is 93.1 Å². The van der Waals surface area contributed by atoms with Crippen molar-refractivity contribution < 1.29 is 27.6 Å². The summed E-state index contributed by atoms with van der Waals surface area (Å²) in [7, 11) is -4.00. The van der Waals surface area contributed by atoms with Gasteiger partial charge in [-0.25, -0.2) is 0 Å². The Labute approximate surface area is 118 Å². The van der Waals surface area contributed by atoms with Gasteiger partial charge in [-0.15, -0.1) is 0 Å². The molecule has 1 fully saturated rings. The van der Waals surface area contributed by atoms with Crippen LogP contribution in [0.2, 0.25) is 0 Å². The minimum atomic E-state index is -4.00. The van der Waals surface area contributed by atoms with Gasteiger partial charge in [0.15, 0.2) is 6.29 Å². The van der Waals surface area contributed by atoms with Gasteiger partial charge in [-0.2, -0.15) is 8.42 Å². The van der Waals surface area contributed by atoms with E-state index in [1.165, 1.54) is 12.1 Å². The molecule has 1 saturated heterocycles. The van der Waals surface area contributed by atoms with Gasteiger partial charge < -0.3 is 14.9 Å². The molecule has 1 aliphatic heterocycles. The molecule has 7 heteroatoms. The summed E-state index contributed by atoms with van der Waals surface area (Å²) in [5.41, 5.74) is 0.925. The van der Waals surface area contributed by atoms with Gasteiger partial charge in [-0.3, -0.25) is 4.18 Å². The first kappa shape index (κ1) is 15.4. The van der Waals surface area contributed by atoms with Crippen LogP contribution in [0.25, 0.3) is 0 Å². The predicted molar refractivity (Wildman–Crippen MR) is 70.4 cm³/mol. The summed E-state index contributed by atoms with van der Waals surface area (Å²) in [6, 6.07) is 6.17. The van der Waals surface area contributed by atoms with Crippen molar-refractivity contribution in [1.29, 1.82) is 0 Å². The fraction of sp³-hybridized carbons (Fsp3) is 0.538. The van der Waals surface area contributed by atoms with Crippen LogP contribution in [0, 0.1) is 6.92 Å².